The second kappa shape index (κ2) is 6.56. The molecule has 3 rings (SSSR count). The third kappa shape index (κ3) is 3.16. The smallest absolute Gasteiger partial charge is 0.140 e. The van der Waals surface area contributed by atoms with E-state index in [9.17, 15) is 9.50 Å². The van der Waals surface area contributed by atoms with Crippen LogP contribution in [-0.2, 0) is 19.8 Å². The summed E-state index contributed by atoms with van der Waals surface area (Å²) in [6.45, 7) is 2.82. The van der Waals surface area contributed by atoms with E-state index in [2.05, 4.69) is 4.98 Å². The van der Waals surface area contributed by atoms with Crippen LogP contribution in [-0.4, -0.2) is 14.7 Å². The van der Waals surface area contributed by atoms with Gasteiger partial charge in [0.05, 0.1) is 16.1 Å². The van der Waals surface area contributed by atoms with Gasteiger partial charge in [-0.25, -0.2) is 9.37 Å². The lowest BCUT2D eigenvalue weighted by Crippen LogP contribution is -2.01. The molecule has 0 aliphatic rings. The minimum absolute atomic E-state index is 0.133. The number of benzene rings is 2. The van der Waals surface area contributed by atoms with Crippen LogP contribution in [0.25, 0.3) is 11.0 Å². The molecule has 0 atom stereocenters. The van der Waals surface area contributed by atoms with Crippen molar-refractivity contribution in [3.05, 3.63) is 58.6 Å². The van der Waals surface area contributed by atoms with E-state index in [0.717, 1.165) is 16.6 Å². The Labute approximate surface area is 138 Å². The highest BCUT2D eigenvalue weighted by Gasteiger charge is 2.13. The molecule has 1 N–H and O–H groups in total. The number of rotatable bonds is 5. The summed E-state index contributed by atoms with van der Waals surface area (Å²) in [5.41, 5.74) is 2.42. The molecule has 0 bridgehead atoms. The van der Waals surface area contributed by atoms with Gasteiger partial charge in [0.15, 0.2) is 0 Å². The second-order valence-electron chi connectivity index (χ2n) is 5.12. The Bertz CT molecular complexity index is 831. The molecule has 3 aromatic rings. The van der Waals surface area contributed by atoms with Crippen molar-refractivity contribution in [2.75, 3.05) is 0 Å². The normalized spacial score (nSPS) is 11.1. The summed E-state index contributed by atoms with van der Waals surface area (Å²) in [6.07, 6.45) is 0. The molecule has 1 aromatic heterocycles. The van der Waals surface area contributed by atoms with Gasteiger partial charge in [-0.05, 0) is 30.7 Å². The van der Waals surface area contributed by atoms with Gasteiger partial charge >= 0.3 is 0 Å². The highest BCUT2D eigenvalue weighted by molar-refractivity contribution is 6.32. The highest BCUT2D eigenvalue weighted by atomic mass is 35.5. The van der Waals surface area contributed by atoms with Gasteiger partial charge in [-0.3, -0.25) is 0 Å². The molecule has 23 heavy (non-hydrogen) atoms. The number of fused-ring (bicyclic) bond motifs is 1. The number of aromatic nitrogens is 2. The SMILES string of the molecule is CCn1c(CO)nc2cc(OCc3ccc(F)cc3)c(Cl)cc21. The van der Waals surface area contributed by atoms with Gasteiger partial charge < -0.3 is 14.4 Å². The standard InChI is InChI=1S/C17H16ClFN2O2/c1-2-21-15-7-13(18)16(8-14(15)20-17(21)9-22)23-10-11-3-5-12(19)6-4-11/h3-8,22H,2,9-10H2,1H3. The zero-order valence-electron chi connectivity index (χ0n) is 12.6. The first-order chi connectivity index (χ1) is 11.1. The van der Waals surface area contributed by atoms with Crippen molar-refractivity contribution in [2.45, 2.75) is 26.7 Å². The fourth-order valence-corrected chi connectivity index (χ4v) is 2.71. The number of hydrogen-bond acceptors (Lipinski definition) is 3. The monoisotopic (exact) mass is 334 g/mol. The maximum atomic E-state index is 12.9. The topological polar surface area (TPSA) is 47.3 Å². The fraction of sp³-hybridized carbons (Fsp3) is 0.235. The lowest BCUT2D eigenvalue weighted by Gasteiger charge is -2.09. The van der Waals surface area contributed by atoms with Crippen molar-refractivity contribution in [2.24, 2.45) is 0 Å². The molecular formula is C17H16ClFN2O2. The molecule has 120 valence electrons. The van der Waals surface area contributed by atoms with Crippen molar-refractivity contribution in [1.82, 2.24) is 9.55 Å². The Kier molecular flexibility index (Phi) is 4.50. The molecule has 0 spiro atoms. The minimum Gasteiger partial charge on any atom is -0.487 e. The van der Waals surface area contributed by atoms with Crippen molar-refractivity contribution in [3.8, 4) is 5.75 Å². The summed E-state index contributed by atoms with van der Waals surface area (Å²) < 4.78 is 20.5. The van der Waals surface area contributed by atoms with Gasteiger partial charge in [0.1, 0.15) is 30.6 Å². The largest absolute Gasteiger partial charge is 0.487 e. The van der Waals surface area contributed by atoms with Crippen LogP contribution in [0.5, 0.6) is 5.75 Å². The molecule has 4 nitrogen and oxygen atoms in total. The van der Waals surface area contributed by atoms with Crippen molar-refractivity contribution in [3.63, 3.8) is 0 Å². The lowest BCUT2D eigenvalue weighted by molar-refractivity contribution is 0.266. The molecule has 0 aliphatic carbocycles. The predicted octanol–water partition coefficient (Wildman–Crippen LogP) is 3.92. The summed E-state index contributed by atoms with van der Waals surface area (Å²) in [6, 6.07) is 9.65. The number of imidazole rings is 1. The molecule has 2 aromatic carbocycles. The predicted molar refractivity (Wildman–Crippen MR) is 87.1 cm³/mol. The Morgan fingerprint density at radius 3 is 2.65 bits per heavy atom. The van der Waals surface area contributed by atoms with Crippen LogP contribution >= 0.6 is 11.6 Å². The first-order valence-electron chi connectivity index (χ1n) is 7.29. The minimum atomic E-state index is -0.283. The zero-order chi connectivity index (χ0) is 16.4. The summed E-state index contributed by atoms with van der Waals surface area (Å²) in [5.74, 6) is 0.817. The number of halogens is 2. The molecule has 0 unspecified atom stereocenters. The maximum absolute atomic E-state index is 12.9. The molecule has 0 radical (unpaired) electrons. The summed E-state index contributed by atoms with van der Waals surface area (Å²) in [4.78, 5) is 4.40. The van der Waals surface area contributed by atoms with E-state index < -0.39 is 0 Å². The third-order valence-electron chi connectivity index (χ3n) is 3.65. The van der Waals surface area contributed by atoms with E-state index in [4.69, 9.17) is 16.3 Å². The van der Waals surface area contributed by atoms with Gasteiger partial charge in [-0.1, -0.05) is 23.7 Å². The summed E-state index contributed by atoms with van der Waals surface area (Å²) in [5, 5.41) is 9.86. The molecule has 6 heteroatoms. The van der Waals surface area contributed by atoms with Crippen LogP contribution in [0.15, 0.2) is 36.4 Å². The van der Waals surface area contributed by atoms with Gasteiger partial charge in [0.2, 0.25) is 0 Å². The van der Waals surface area contributed by atoms with E-state index >= 15 is 0 Å². The van der Waals surface area contributed by atoms with E-state index in [1.165, 1.54) is 12.1 Å². The molecule has 0 amide bonds. The number of aliphatic hydroxyl groups excluding tert-OH is 1. The zero-order valence-corrected chi connectivity index (χ0v) is 13.3. The third-order valence-corrected chi connectivity index (χ3v) is 3.94. The molecule has 1 heterocycles. The summed E-state index contributed by atoms with van der Waals surface area (Å²) >= 11 is 6.29. The van der Waals surface area contributed by atoms with Crippen LogP contribution < -0.4 is 4.74 Å². The first kappa shape index (κ1) is 15.8. The van der Waals surface area contributed by atoms with E-state index in [-0.39, 0.29) is 19.0 Å². The van der Waals surface area contributed by atoms with E-state index in [0.29, 0.717) is 23.1 Å². The molecular weight excluding hydrogens is 319 g/mol. The lowest BCUT2D eigenvalue weighted by atomic mass is 10.2. The molecule has 0 aliphatic heterocycles. The van der Waals surface area contributed by atoms with Gasteiger partial charge in [-0.2, -0.15) is 0 Å². The van der Waals surface area contributed by atoms with Gasteiger partial charge in [-0.15, -0.1) is 0 Å². The van der Waals surface area contributed by atoms with Crippen LogP contribution in [0.3, 0.4) is 0 Å². The van der Waals surface area contributed by atoms with E-state index in [1.807, 2.05) is 11.5 Å². The first-order valence-corrected chi connectivity index (χ1v) is 7.67. The Morgan fingerprint density at radius 1 is 1.26 bits per heavy atom. The Morgan fingerprint density at radius 2 is 2.00 bits per heavy atom. The Hall–Kier alpha value is -2.11. The highest BCUT2D eigenvalue weighted by Crippen LogP contribution is 2.31. The fourth-order valence-electron chi connectivity index (χ4n) is 2.50. The number of hydrogen-bond donors (Lipinski definition) is 1. The number of aryl methyl sites for hydroxylation is 1. The second-order valence-corrected chi connectivity index (χ2v) is 5.52. The molecule has 0 saturated heterocycles. The van der Waals surface area contributed by atoms with Crippen LogP contribution in [0.4, 0.5) is 4.39 Å². The number of ether oxygens (including phenoxy) is 1. The van der Waals surface area contributed by atoms with Crippen molar-refractivity contribution >= 4 is 22.6 Å². The van der Waals surface area contributed by atoms with Crippen LogP contribution in [0.2, 0.25) is 5.02 Å². The number of nitrogens with zero attached hydrogens (tertiary/aromatic N) is 2. The quantitative estimate of drug-likeness (QED) is 0.769. The van der Waals surface area contributed by atoms with Crippen LogP contribution in [0, 0.1) is 5.82 Å². The average Bonchev–Trinajstić information content (AvgIpc) is 2.90. The Balaban J connectivity index is 1.89. The molecule has 0 fully saturated rings. The van der Waals surface area contributed by atoms with Crippen molar-refractivity contribution in [1.29, 1.82) is 0 Å². The van der Waals surface area contributed by atoms with E-state index in [1.54, 1.807) is 24.3 Å². The maximum Gasteiger partial charge on any atom is 0.140 e. The molecule has 0 saturated carbocycles. The average molecular weight is 335 g/mol. The van der Waals surface area contributed by atoms with Crippen molar-refractivity contribution < 1.29 is 14.2 Å². The van der Waals surface area contributed by atoms with Gasteiger partial charge in [0.25, 0.3) is 0 Å². The summed E-state index contributed by atoms with van der Waals surface area (Å²) in [7, 11) is 0. The number of aliphatic hydroxyl groups is 1. The van der Waals surface area contributed by atoms with Crippen LogP contribution in [0.1, 0.15) is 18.3 Å². The van der Waals surface area contributed by atoms with Gasteiger partial charge in [0, 0.05) is 12.6 Å².